The maximum Gasteiger partial charge on any atom is 0.416 e. The molecule has 3 heterocycles. The van der Waals surface area contributed by atoms with E-state index in [0.29, 0.717) is 20.8 Å². The van der Waals surface area contributed by atoms with E-state index in [-0.39, 0.29) is 30.4 Å². The summed E-state index contributed by atoms with van der Waals surface area (Å²) in [5.41, 5.74) is -0.321. The van der Waals surface area contributed by atoms with Crippen molar-refractivity contribution in [3.8, 4) is 17.1 Å². The van der Waals surface area contributed by atoms with Gasteiger partial charge in [-0.15, -0.1) is 10.2 Å². The number of nitrogens with zero attached hydrogens (tertiary/aromatic N) is 7. The van der Waals surface area contributed by atoms with Gasteiger partial charge < -0.3 is 10.4 Å². The SMILES string of the molecule is O=C(Nc1ncccc1-n1cnc(Cn2nc(-c3ccc(Cl)cc3)n(C[C@H](O)C(F)(F)F)c2=O)n1)C1CC1F. The molecule has 11 nitrogen and oxygen atoms in total. The molecule has 5 rings (SSSR count). The normalized spacial score (nSPS) is 17.7. The minimum Gasteiger partial charge on any atom is -0.382 e. The fourth-order valence-corrected chi connectivity index (χ4v) is 3.87. The summed E-state index contributed by atoms with van der Waals surface area (Å²) < 4.78 is 55.3. The highest BCUT2D eigenvalue weighted by molar-refractivity contribution is 6.30. The van der Waals surface area contributed by atoms with Crippen LogP contribution < -0.4 is 11.0 Å². The smallest absolute Gasteiger partial charge is 0.382 e. The molecule has 1 aliphatic carbocycles. The van der Waals surface area contributed by atoms with Crippen molar-refractivity contribution in [1.82, 2.24) is 34.1 Å². The maximum atomic E-state index is 13.3. The minimum atomic E-state index is -4.96. The first-order chi connectivity index (χ1) is 18.5. The van der Waals surface area contributed by atoms with Crippen LogP contribution in [-0.2, 0) is 17.9 Å². The second kappa shape index (κ2) is 10.2. The Kier molecular flexibility index (Phi) is 6.94. The molecule has 2 N–H and O–H groups in total. The lowest BCUT2D eigenvalue weighted by atomic mass is 10.2. The predicted molar refractivity (Wildman–Crippen MR) is 129 cm³/mol. The molecular weight excluding hydrogens is 548 g/mol. The van der Waals surface area contributed by atoms with Crippen LogP contribution in [0.1, 0.15) is 12.2 Å². The molecule has 39 heavy (non-hydrogen) atoms. The lowest BCUT2D eigenvalue weighted by molar-refractivity contribution is -0.207. The molecule has 16 heteroatoms. The maximum absolute atomic E-state index is 13.3. The quantitative estimate of drug-likeness (QED) is 0.313. The molecule has 0 spiro atoms. The third kappa shape index (κ3) is 5.68. The summed E-state index contributed by atoms with van der Waals surface area (Å²) >= 11 is 5.90. The molecule has 1 amide bonds. The number of halogens is 5. The monoisotopic (exact) mass is 566 g/mol. The number of hydrogen-bond donors (Lipinski definition) is 2. The van der Waals surface area contributed by atoms with Gasteiger partial charge in [0.1, 0.15) is 24.7 Å². The number of hydrogen-bond acceptors (Lipinski definition) is 7. The zero-order chi connectivity index (χ0) is 27.9. The van der Waals surface area contributed by atoms with Crippen molar-refractivity contribution in [2.24, 2.45) is 5.92 Å². The van der Waals surface area contributed by atoms with Crippen molar-refractivity contribution in [3.05, 3.63) is 70.3 Å². The Hall–Kier alpha value is -4.11. The number of aliphatic hydroxyl groups excluding tert-OH is 1. The van der Waals surface area contributed by atoms with Crippen LogP contribution in [0.4, 0.5) is 23.4 Å². The van der Waals surface area contributed by atoms with Gasteiger partial charge in [-0.2, -0.15) is 13.2 Å². The summed E-state index contributed by atoms with van der Waals surface area (Å²) in [4.78, 5) is 33.5. The highest BCUT2D eigenvalue weighted by Crippen LogP contribution is 2.35. The number of rotatable bonds is 8. The third-order valence-electron chi connectivity index (χ3n) is 5.91. The van der Waals surface area contributed by atoms with Crippen LogP contribution in [-0.4, -0.2) is 63.6 Å². The Morgan fingerprint density at radius 2 is 1.90 bits per heavy atom. The molecule has 4 aromatic rings. The van der Waals surface area contributed by atoms with E-state index in [9.17, 15) is 32.3 Å². The summed E-state index contributed by atoms with van der Waals surface area (Å²) in [6.07, 6.45) is -6.10. The molecule has 1 aliphatic rings. The summed E-state index contributed by atoms with van der Waals surface area (Å²) in [6.45, 7) is -1.41. The van der Waals surface area contributed by atoms with Gasteiger partial charge in [-0.25, -0.2) is 28.5 Å². The van der Waals surface area contributed by atoms with E-state index < -0.39 is 42.5 Å². The average molecular weight is 567 g/mol. The Morgan fingerprint density at radius 1 is 1.18 bits per heavy atom. The van der Waals surface area contributed by atoms with Gasteiger partial charge in [0.05, 0.1) is 12.5 Å². The Bertz CT molecular complexity index is 1570. The lowest BCUT2D eigenvalue weighted by Crippen LogP contribution is -2.37. The van der Waals surface area contributed by atoms with Crippen molar-refractivity contribution in [2.45, 2.75) is 38.0 Å². The first kappa shape index (κ1) is 26.5. The zero-order valence-electron chi connectivity index (χ0n) is 19.8. The molecule has 1 fully saturated rings. The number of aromatic nitrogens is 7. The van der Waals surface area contributed by atoms with E-state index in [2.05, 4.69) is 25.5 Å². The van der Waals surface area contributed by atoms with Crippen molar-refractivity contribution in [3.63, 3.8) is 0 Å². The number of amides is 1. The molecule has 0 aliphatic heterocycles. The molecule has 3 atom stereocenters. The Balaban J connectivity index is 1.43. The first-order valence-corrected chi connectivity index (χ1v) is 11.9. The molecule has 1 saturated carbocycles. The largest absolute Gasteiger partial charge is 0.416 e. The van der Waals surface area contributed by atoms with Crippen molar-refractivity contribution in [2.75, 3.05) is 5.32 Å². The Morgan fingerprint density at radius 3 is 2.56 bits per heavy atom. The molecule has 1 aromatic carbocycles. The summed E-state index contributed by atoms with van der Waals surface area (Å²) in [6, 6.07) is 9.08. The van der Waals surface area contributed by atoms with Crippen LogP contribution in [0.2, 0.25) is 5.02 Å². The van der Waals surface area contributed by atoms with Gasteiger partial charge in [-0.1, -0.05) is 11.6 Å². The summed E-state index contributed by atoms with van der Waals surface area (Å²) in [7, 11) is 0. The van der Waals surface area contributed by atoms with E-state index >= 15 is 0 Å². The van der Waals surface area contributed by atoms with Gasteiger partial charge >= 0.3 is 11.9 Å². The fourth-order valence-electron chi connectivity index (χ4n) is 3.74. The Labute approximate surface area is 221 Å². The van der Waals surface area contributed by atoms with Gasteiger partial charge in [0.15, 0.2) is 23.6 Å². The molecule has 2 unspecified atom stereocenters. The van der Waals surface area contributed by atoms with Crippen LogP contribution in [0, 0.1) is 5.92 Å². The van der Waals surface area contributed by atoms with Gasteiger partial charge in [0, 0.05) is 16.8 Å². The number of pyridine rings is 1. The van der Waals surface area contributed by atoms with Gasteiger partial charge in [0.2, 0.25) is 5.91 Å². The van der Waals surface area contributed by atoms with Crippen molar-refractivity contribution >= 4 is 23.3 Å². The predicted octanol–water partition coefficient (Wildman–Crippen LogP) is 2.61. The third-order valence-corrected chi connectivity index (χ3v) is 6.17. The zero-order valence-corrected chi connectivity index (χ0v) is 20.5. The number of alkyl halides is 4. The van der Waals surface area contributed by atoms with Crippen LogP contribution in [0.15, 0.2) is 53.7 Å². The number of nitrogens with one attached hydrogen (secondary N) is 1. The topological polar surface area (TPSA) is 133 Å². The number of anilines is 1. The highest BCUT2D eigenvalue weighted by atomic mass is 35.5. The second-order valence-corrected chi connectivity index (χ2v) is 9.20. The lowest BCUT2D eigenvalue weighted by Gasteiger charge is -2.15. The number of benzene rings is 1. The number of carbonyl (C=O) groups excluding carboxylic acids is 1. The molecule has 0 saturated heterocycles. The summed E-state index contributed by atoms with van der Waals surface area (Å²) in [5.74, 6) is -1.20. The van der Waals surface area contributed by atoms with Gasteiger partial charge in [-0.05, 0) is 42.8 Å². The average Bonchev–Trinajstić information content (AvgIpc) is 3.32. The highest BCUT2D eigenvalue weighted by Gasteiger charge is 2.44. The number of aliphatic hydroxyl groups is 1. The molecule has 0 bridgehead atoms. The van der Waals surface area contributed by atoms with Gasteiger partial charge in [0.25, 0.3) is 0 Å². The molecule has 204 valence electrons. The molecular formula is C23H19ClF4N8O3. The van der Waals surface area contributed by atoms with E-state index in [1.165, 1.54) is 41.5 Å². The van der Waals surface area contributed by atoms with Crippen LogP contribution >= 0.6 is 11.6 Å². The van der Waals surface area contributed by atoms with Crippen molar-refractivity contribution < 1.29 is 27.5 Å². The minimum absolute atomic E-state index is 0.0629. The summed E-state index contributed by atoms with van der Waals surface area (Å²) in [5, 5.41) is 21.0. The van der Waals surface area contributed by atoms with E-state index in [4.69, 9.17) is 11.6 Å². The second-order valence-electron chi connectivity index (χ2n) is 8.76. The van der Waals surface area contributed by atoms with E-state index in [1.807, 2.05) is 0 Å². The van der Waals surface area contributed by atoms with Crippen molar-refractivity contribution in [1.29, 1.82) is 0 Å². The van der Waals surface area contributed by atoms with Crippen LogP contribution in [0.3, 0.4) is 0 Å². The molecule has 0 radical (unpaired) electrons. The van der Waals surface area contributed by atoms with E-state index in [0.717, 1.165) is 4.68 Å². The number of carbonyl (C=O) groups is 1. The molecule has 3 aromatic heterocycles. The van der Waals surface area contributed by atoms with Crippen LogP contribution in [0.5, 0.6) is 0 Å². The fraction of sp³-hybridized carbons (Fsp3) is 0.304. The first-order valence-electron chi connectivity index (χ1n) is 11.5. The van der Waals surface area contributed by atoms with E-state index in [1.54, 1.807) is 12.1 Å². The van der Waals surface area contributed by atoms with Crippen LogP contribution in [0.25, 0.3) is 17.1 Å². The van der Waals surface area contributed by atoms with Gasteiger partial charge in [-0.3, -0.25) is 9.36 Å². The standard InChI is InChI=1S/C23H19ClF4N8O3/c24-13-5-3-12(4-6-13)20-33-35(22(39)34(20)9-17(37)23(26,27)28)10-18-30-11-36(32-18)16-2-1-7-29-19(16)31-21(38)14-8-15(14)25/h1-7,11,14-15,17,37H,8-10H2,(H,29,31,38)/t14?,15?,17-/m0/s1.